The minimum atomic E-state index is -0.649. The summed E-state index contributed by atoms with van der Waals surface area (Å²) < 4.78 is 5.44. The first-order valence-corrected chi connectivity index (χ1v) is 8.97. The van der Waals surface area contributed by atoms with Crippen LogP contribution in [-0.4, -0.2) is 12.6 Å². The van der Waals surface area contributed by atoms with E-state index in [1.807, 2.05) is 32.0 Å². The second kappa shape index (κ2) is 7.21. The highest BCUT2D eigenvalue weighted by atomic mass is 16.5. The largest absolute Gasteiger partial charge is 0.465 e. The van der Waals surface area contributed by atoms with Crippen LogP contribution in [0.15, 0.2) is 48.5 Å². The first-order chi connectivity index (χ1) is 11.6. The SMILES string of the molecule is CCOC(=O)C(C)(Cc1ccccc1)c1ccc2c(c1)CCCC2. The Balaban J connectivity index is 1.99. The first kappa shape index (κ1) is 16.8. The molecule has 0 radical (unpaired) electrons. The Kier molecular flexibility index (Phi) is 5.03. The lowest BCUT2D eigenvalue weighted by molar-refractivity contribution is -0.149. The van der Waals surface area contributed by atoms with Gasteiger partial charge in [-0.05, 0) is 68.2 Å². The van der Waals surface area contributed by atoms with Crippen LogP contribution in [0.25, 0.3) is 0 Å². The third-order valence-electron chi connectivity index (χ3n) is 5.11. The molecule has 3 rings (SSSR count). The van der Waals surface area contributed by atoms with E-state index in [0.717, 1.165) is 24.0 Å². The van der Waals surface area contributed by atoms with Crippen LogP contribution in [0.2, 0.25) is 0 Å². The van der Waals surface area contributed by atoms with Crippen molar-refractivity contribution in [2.24, 2.45) is 0 Å². The second-order valence-corrected chi connectivity index (χ2v) is 6.91. The van der Waals surface area contributed by atoms with Crippen LogP contribution in [0.5, 0.6) is 0 Å². The standard InChI is InChI=1S/C22H26O2/c1-3-24-21(23)22(2,16-17-9-5-4-6-10-17)20-14-13-18-11-7-8-12-19(18)15-20/h4-6,9-10,13-15H,3,7-8,11-12,16H2,1-2H3. The molecule has 0 spiro atoms. The maximum absolute atomic E-state index is 12.8. The average molecular weight is 322 g/mol. The monoisotopic (exact) mass is 322 g/mol. The molecule has 2 nitrogen and oxygen atoms in total. The van der Waals surface area contributed by atoms with E-state index in [0.29, 0.717) is 13.0 Å². The van der Waals surface area contributed by atoms with Crippen LogP contribution in [0, 0.1) is 0 Å². The van der Waals surface area contributed by atoms with Crippen LogP contribution in [0.3, 0.4) is 0 Å². The van der Waals surface area contributed by atoms with Crippen molar-refractivity contribution in [3.05, 3.63) is 70.8 Å². The highest BCUT2D eigenvalue weighted by Gasteiger charge is 2.37. The highest BCUT2D eigenvalue weighted by Crippen LogP contribution is 2.33. The predicted octanol–water partition coefficient (Wildman–Crippen LogP) is 4.63. The predicted molar refractivity (Wildman–Crippen MR) is 97.2 cm³/mol. The van der Waals surface area contributed by atoms with Gasteiger partial charge in [0.2, 0.25) is 0 Å². The Morgan fingerprint density at radius 3 is 2.46 bits per heavy atom. The number of rotatable bonds is 5. The number of ether oxygens (including phenoxy) is 1. The number of benzene rings is 2. The third-order valence-corrected chi connectivity index (χ3v) is 5.11. The van der Waals surface area contributed by atoms with Gasteiger partial charge in [-0.2, -0.15) is 0 Å². The van der Waals surface area contributed by atoms with Crippen molar-refractivity contribution in [3.8, 4) is 0 Å². The van der Waals surface area contributed by atoms with E-state index in [-0.39, 0.29) is 5.97 Å². The zero-order valence-electron chi connectivity index (χ0n) is 14.7. The molecule has 0 bridgehead atoms. The van der Waals surface area contributed by atoms with Crippen LogP contribution in [0.4, 0.5) is 0 Å². The van der Waals surface area contributed by atoms with Gasteiger partial charge in [0, 0.05) is 0 Å². The van der Waals surface area contributed by atoms with Crippen molar-refractivity contribution in [1.82, 2.24) is 0 Å². The van der Waals surface area contributed by atoms with Gasteiger partial charge in [-0.3, -0.25) is 4.79 Å². The van der Waals surface area contributed by atoms with Crippen LogP contribution < -0.4 is 0 Å². The zero-order valence-corrected chi connectivity index (χ0v) is 14.7. The van der Waals surface area contributed by atoms with Crippen molar-refractivity contribution in [2.75, 3.05) is 6.61 Å². The van der Waals surface area contributed by atoms with Crippen LogP contribution in [0.1, 0.15) is 48.9 Å². The van der Waals surface area contributed by atoms with E-state index < -0.39 is 5.41 Å². The van der Waals surface area contributed by atoms with Gasteiger partial charge in [-0.25, -0.2) is 0 Å². The topological polar surface area (TPSA) is 26.3 Å². The van der Waals surface area contributed by atoms with E-state index in [1.165, 1.54) is 24.0 Å². The number of aryl methyl sites for hydroxylation is 2. The Bertz CT molecular complexity index is 705. The minimum absolute atomic E-state index is 0.135. The van der Waals surface area contributed by atoms with Gasteiger partial charge in [0.25, 0.3) is 0 Å². The zero-order chi connectivity index (χ0) is 17.0. The minimum Gasteiger partial charge on any atom is -0.465 e. The molecule has 1 aliphatic carbocycles. The summed E-state index contributed by atoms with van der Waals surface area (Å²) in [5.74, 6) is -0.135. The van der Waals surface area contributed by atoms with E-state index in [9.17, 15) is 4.79 Å². The fourth-order valence-corrected chi connectivity index (χ4v) is 3.66. The Hall–Kier alpha value is -2.09. The molecule has 2 aromatic carbocycles. The number of carbonyl (C=O) groups is 1. The fourth-order valence-electron chi connectivity index (χ4n) is 3.66. The molecule has 0 heterocycles. The van der Waals surface area contributed by atoms with Crippen LogP contribution in [-0.2, 0) is 34.2 Å². The lowest BCUT2D eigenvalue weighted by Crippen LogP contribution is -2.37. The molecular weight excluding hydrogens is 296 g/mol. The van der Waals surface area contributed by atoms with Crippen molar-refractivity contribution < 1.29 is 9.53 Å². The van der Waals surface area contributed by atoms with E-state index in [4.69, 9.17) is 4.74 Å². The maximum atomic E-state index is 12.8. The third kappa shape index (κ3) is 3.38. The lowest BCUT2D eigenvalue weighted by Gasteiger charge is -2.29. The van der Waals surface area contributed by atoms with Crippen LogP contribution >= 0.6 is 0 Å². The molecule has 2 heteroatoms. The summed E-state index contributed by atoms with van der Waals surface area (Å²) >= 11 is 0. The number of carbonyl (C=O) groups excluding carboxylic acids is 1. The summed E-state index contributed by atoms with van der Waals surface area (Å²) in [6, 6.07) is 16.8. The van der Waals surface area contributed by atoms with Gasteiger partial charge in [0.05, 0.1) is 12.0 Å². The molecule has 2 aromatic rings. The normalized spacial score (nSPS) is 16.1. The summed E-state index contributed by atoms with van der Waals surface area (Å²) in [7, 11) is 0. The second-order valence-electron chi connectivity index (χ2n) is 6.91. The molecule has 0 saturated carbocycles. The molecule has 126 valence electrons. The number of hydrogen-bond donors (Lipinski definition) is 0. The quantitative estimate of drug-likeness (QED) is 0.750. The smallest absolute Gasteiger partial charge is 0.316 e. The van der Waals surface area contributed by atoms with Gasteiger partial charge < -0.3 is 4.74 Å². The first-order valence-electron chi connectivity index (χ1n) is 8.97. The maximum Gasteiger partial charge on any atom is 0.316 e. The molecule has 0 saturated heterocycles. The highest BCUT2D eigenvalue weighted by molar-refractivity contribution is 5.83. The molecule has 0 fully saturated rings. The van der Waals surface area contributed by atoms with Gasteiger partial charge in [-0.15, -0.1) is 0 Å². The van der Waals surface area contributed by atoms with Crippen molar-refractivity contribution >= 4 is 5.97 Å². The summed E-state index contributed by atoms with van der Waals surface area (Å²) in [5.41, 5.74) is 4.43. The van der Waals surface area contributed by atoms with E-state index in [1.54, 1.807) is 0 Å². The molecule has 0 aliphatic heterocycles. The summed E-state index contributed by atoms with van der Waals surface area (Å²) in [5, 5.41) is 0. The summed E-state index contributed by atoms with van der Waals surface area (Å²) in [6.45, 7) is 4.30. The van der Waals surface area contributed by atoms with Crippen molar-refractivity contribution in [3.63, 3.8) is 0 Å². The van der Waals surface area contributed by atoms with Gasteiger partial charge in [0.15, 0.2) is 0 Å². The lowest BCUT2D eigenvalue weighted by atomic mass is 9.75. The Labute approximate surface area is 144 Å². The molecular formula is C22H26O2. The molecule has 1 atom stereocenters. The molecule has 0 amide bonds. The van der Waals surface area contributed by atoms with E-state index in [2.05, 4.69) is 30.3 Å². The Morgan fingerprint density at radius 2 is 1.75 bits per heavy atom. The average Bonchev–Trinajstić information content (AvgIpc) is 2.62. The molecule has 1 unspecified atom stereocenters. The van der Waals surface area contributed by atoms with Gasteiger partial charge >= 0.3 is 5.97 Å². The number of hydrogen-bond acceptors (Lipinski definition) is 2. The van der Waals surface area contributed by atoms with E-state index >= 15 is 0 Å². The fraction of sp³-hybridized carbons (Fsp3) is 0.409. The molecule has 24 heavy (non-hydrogen) atoms. The molecule has 0 aromatic heterocycles. The van der Waals surface area contributed by atoms with Gasteiger partial charge in [0.1, 0.15) is 0 Å². The molecule has 1 aliphatic rings. The summed E-state index contributed by atoms with van der Waals surface area (Å²) in [4.78, 5) is 12.8. The van der Waals surface area contributed by atoms with Gasteiger partial charge in [-0.1, -0.05) is 48.5 Å². The Morgan fingerprint density at radius 1 is 1.04 bits per heavy atom. The van der Waals surface area contributed by atoms with Crippen molar-refractivity contribution in [2.45, 2.75) is 51.4 Å². The molecule has 0 N–H and O–H groups in total. The summed E-state index contributed by atoms with van der Waals surface area (Å²) in [6.07, 6.45) is 5.44. The number of fused-ring (bicyclic) bond motifs is 1. The van der Waals surface area contributed by atoms with Crippen molar-refractivity contribution in [1.29, 1.82) is 0 Å². The number of esters is 1.